The molecule has 0 spiro atoms. The van der Waals surface area contributed by atoms with Crippen molar-refractivity contribution in [1.29, 1.82) is 0 Å². The van der Waals surface area contributed by atoms with Crippen molar-refractivity contribution in [2.45, 2.75) is 26.3 Å². The molecule has 2 rings (SSSR count). The van der Waals surface area contributed by atoms with E-state index in [-0.39, 0.29) is 11.8 Å². The van der Waals surface area contributed by atoms with Crippen molar-refractivity contribution >= 4 is 39.3 Å². The topological polar surface area (TPSA) is 34.0 Å². The maximum absolute atomic E-state index is 12.6. The predicted molar refractivity (Wildman–Crippen MR) is 87.7 cm³/mol. The molecule has 3 nitrogen and oxygen atoms in total. The predicted octanol–water partition coefficient (Wildman–Crippen LogP) is 3.35. The summed E-state index contributed by atoms with van der Waals surface area (Å²) >= 11 is 2.29. The summed E-state index contributed by atoms with van der Waals surface area (Å²) in [7, 11) is 1.99. The molecule has 2 aromatic rings. The van der Waals surface area contributed by atoms with Gasteiger partial charge in [0.15, 0.2) is 5.78 Å². The van der Waals surface area contributed by atoms with Gasteiger partial charge in [0.1, 0.15) is 0 Å². The van der Waals surface area contributed by atoms with Crippen LogP contribution in [0.15, 0.2) is 24.4 Å². The van der Waals surface area contributed by atoms with Gasteiger partial charge in [0.05, 0.1) is 6.04 Å². The van der Waals surface area contributed by atoms with Gasteiger partial charge in [-0.2, -0.15) is 0 Å². The molecule has 19 heavy (non-hydrogen) atoms. The number of carbonyl (C=O) groups excluding carboxylic acids is 1. The standard InChI is InChI=1S/C15H19IN2O/c1-4-13(17-5-2)15(19)12-9-18(3)14-8-10(16)6-7-11(12)14/h6-9,13,17H,4-5H2,1-3H3. The Hall–Kier alpha value is -0.880. The quantitative estimate of drug-likeness (QED) is 0.647. The summed E-state index contributed by atoms with van der Waals surface area (Å²) in [5.41, 5.74) is 1.93. The monoisotopic (exact) mass is 370 g/mol. The van der Waals surface area contributed by atoms with E-state index in [1.54, 1.807) is 0 Å². The number of nitrogens with one attached hydrogen (secondary N) is 1. The molecular formula is C15H19IN2O. The molecule has 0 aliphatic heterocycles. The van der Waals surface area contributed by atoms with Gasteiger partial charge in [-0.15, -0.1) is 0 Å². The molecule has 0 amide bonds. The Kier molecular flexibility index (Phi) is 4.62. The van der Waals surface area contributed by atoms with E-state index in [0.29, 0.717) is 0 Å². The molecule has 1 aromatic heterocycles. The Morgan fingerprint density at radius 2 is 2.16 bits per heavy atom. The number of rotatable bonds is 5. The molecule has 0 radical (unpaired) electrons. The molecule has 1 unspecified atom stereocenters. The van der Waals surface area contributed by atoms with Gasteiger partial charge in [-0.25, -0.2) is 0 Å². The maximum atomic E-state index is 12.6. The lowest BCUT2D eigenvalue weighted by Crippen LogP contribution is -2.35. The molecule has 1 aromatic carbocycles. The molecule has 4 heteroatoms. The molecule has 0 aliphatic carbocycles. The first-order chi connectivity index (χ1) is 9.08. The zero-order chi connectivity index (χ0) is 14.0. The highest BCUT2D eigenvalue weighted by Crippen LogP contribution is 2.24. The van der Waals surface area contributed by atoms with E-state index in [4.69, 9.17) is 0 Å². The number of likely N-dealkylation sites (N-methyl/N-ethyl adjacent to an activating group) is 1. The van der Waals surface area contributed by atoms with Crippen molar-refractivity contribution in [3.05, 3.63) is 33.5 Å². The Balaban J connectivity index is 2.48. The first kappa shape index (κ1) is 14.5. The molecular weight excluding hydrogens is 351 g/mol. The number of ketones is 1. The zero-order valence-electron chi connectivity index (χ0n) is 11.5. The van der Waals surface area contributed by atoms with Gasteiger partial charge < -0.3 is 9.88 Å². The molecule has 0 saturated carbocycles. The van der Waals surface area contributed by atoms with E-state index in [1.165, 1.54) is 3.57 Å². The Labute approximate surface area is 127 Å². The van der Waals surface area contributed by atoms with E-state index < -0.39 is 0 Å². The number of aromatic nitrogens is 1. The SMILES string of the molecule is CCNC(CC)C(=O)c1cn(C)c2cc(I)ccc12. The van der Waals surface area contributed by atoms with Crippen molar-refractivity contribution in [2.24, 2.45) is 7.05 Å². The van der Waals surface area contributed by atoms with Crippen molar-refractivity contribution in [1.82, 2.24) is 9.88 Å². The number of carbonyl (C=O) groups is 1. The van der Waals surface area contributed by atoms with Crippen LogP contribution in [0.5, 0.6) is 0 Å². The normalized spacial score (nSPS) is 12.8. The van der Waals surface area contributed by atoms with Crippen LogP contribution >= 0.6 is 22.6 Å². The van der Waals surface area contributed by atoms with Gasteiger partial charge in [-0.1, -0.05) is 19.9 Å². The molecule has 102 valence electrons. The lowest BCUT2D eigenvalue weighted by Gasteiger charge is -2.13. The van der Waals surface area contributed by atoms with Crippen LogP contribution in [-0.4, -0.2) is 22.9 Å². The summed E-state index contributed by atoms with van der Waals surface area (Å²) in [5, 5.41) is 4.30. The van der Waals surface area contributed by atoms with Gasteiger partial charge in [0.2, 0.25) is 0 Å². The number of aryl methyl sites for hydroxylation is 1. The number of Topliss-reactive ketones (excluding diaryl/α,β-unsaturated/α-hetero) is 1. The lowest BCUT2D eigenvalue weighted by molar-refractivity contribution is 0.0943. The minimum Gasteiger partial charge on any atom is -0.350 e. The van der Waals surface area contributed by atoms with Gasteiger partial charge in [-0.3, -0.25) is 4.79 Å². The van der Waals surface area contributed by atoms with Crippen LogP contribution in [0, 0.1) is 3.57 Å². The molecule has 1 N–H and O–H groups in total. The number of halogens is 1. The van der Waals surface area contributed by atoms with Crippen molar-refractivity contribution in [2.75, 3.05) is 6.54 Å². The Morgan fingerprint density at radius 1 is 1.42 bits per heavy atom. The molecule has 1 atom stereocenters. The van der Waals surface area contributed by atoms with Crippen LogP contribution in [-0.2, 0) is 7.05 Å². The number of benzene rings is 1. The van der Waals surface area contributed by atoms with Gasteiger partial charge in [0, 0.05) is 33.3 Å². The van der Waals surface area contributed by atoms with Crippen LogP contribution < -0.4 is 5.32 Å². The Morgan fingerprint density at radius 3 is 2.79 bits per heavy atom. The van der Waals surface area contributed by atoms with E-state index in [0.717, 1.165) is 29.4 Å². The Bertz CT molecular complexity index is 603. The van der Waals surface area contributed by atoms with E-state index in [2.05, 4.69) is 34.0 Å². The number of fused-ring (bicyclic) bond motifs is 1. The average Bonchev–Trinajstić information content (AvgIpc) is 2.72. The number of nitrogens with zero attached hydrogens (tertiary/aromatic N) is 1. The van der Waals surface area contributed by atoms with Crippen LogP contribution in [0.3, 0.4) is 0 Å². The highest BCUT2D eigenvalue weighted by molar-refractivity contribution is 14.1. The van der Waals surface area contributed by atoms with Gasteiger partial charge in [-0.05, 0) is 47.7 Å². The van der Waals surface area contributed by atoms with Crippen molar-refractivity contribution in [3.8, 4) is 0 Å². The zero-order valence-corrected chi connectivity index (χ0v) is 13.7. The first-order valence-electron chi connectivity index (χ1n) is 6.60. The molecule has 1 heterocycles. The van der Waals surface area contributed by atoms with Gasteiger partial charge >= 0.3 is 0 Å². The highest BCUT2D eigenvalue weighted by atomic mass is 127. The highest BCUT2D eigenvalue weighted by Gasteiger charge is 2.21. The van der Waals surface area contributed by atoms with E-state index in [1.807, 2.05) is 43.8 Å². The summed E-state index contributed by atoms with van der Waals surface area (Å²) < 4.78 is 3.22. The average molecular weight is 370 g/mol. The summed E-state index contributed by atoms with van der Waals surface area (Å²) in [6, 6.07) is 6.12. The van der Waals surface area contributed by atoms with Crippen LogP contribution in [0.4, 0.5) is 0 Å². The molecule has 0 aliphatic rings. The van der Waals surface area contributed by atoms with Crippen LogP contribution in [0.25, 0.3) is 10.9 Å². The molecule has 0 bridgehead atoms. The fourth-order valence-electron chi connectivity index (χ4n) is 2.41. The lowest BCUT2D eigenvalue weighted by atomic mass is 10.0. The fraction of sp³-hybridized carbons (Fsp3) is 0.400. The van der Waals surface area contributed by atoms with Crippen molar-refractivity contribution < 1.29 is 4.79 Å². The number of hydrogen-bond donors (Lipinski definition) is 1. The van der Waals surface area contributed by atoms with Crippen molar-refractivity contribution in [3.63, 3.8) is 0 Å². The largest absolute Gasteiger partial charge is 0.350 e. The van der Waals surface area contributed by atoms with Crippen LogP contribution in [0.2, 0.25) is 0 Å². The molecule has 0 saturated heterocycles. The minimum atomic E-state index is -0.0881. The number of hydrogen-bond acceptors (Lipinski definition) is 2. The smallest absolute Gasteiger partial charge is 0.181 e. The fourth-order valence-corrected chi connectivity index (χ4v) is 2.88. The summed E-state index contributed by atoms with van der Waals surface area (Å²) in [6.07, 6.45) is 2.76. The summed E-state index contributed by atoms with van der Waals surface area (Å²) in [6.45, 7) is 4.88. The second kappa shape index (κ2) is 6.05. The second-order valence-electron chi connectivity index (χ2n) is 4.70. The maximum Gasteiger partial charge on any atom is 0.181 e. The first-order valence-corrected chi connectivity index (χ1v) is 7.68. The summed E-state index contributed by atoms with van der Waals surface area (Å²) in [5.74, 6) is 0.191. The third kappa shape index (κ3) is 2.84. The second-order valence-corrected chi connectivity index (χ2v) is 5.94. The van der Waals surface area contributed by atoms with E-state index >= 15 is 0 Å². The van der Waals surface area contributed by atoms with Gasteiger partial charge in [0.25, 0.3) is 0 Å². The van der Waals surface area contributed by atoms with Crippen LogP contribution in [0.1, 0.15) is 30.6 Å². The third-order valence-electron chi connectivity index (χ3n) is 3.39. The minimum absolute atomic E-state index is 0.0881. The summed E-state index contributed by atoms with van der Waals surface area (Å²) in [4.78, 5) is 12.6. The van der Waals surface area contributed by atoms with E-state index in [9.17, 15) is 4.79 Å². The third-order valence-corrected chi connectivity index (χ3v) is 4.06. The molecule has 0 fully saturated rings.